The van der Waals surface area contributed by atoms with Gasteiger partial charge in [-0.25, -0.2) is 0 Å². The number of likely N-dealkylation sites (N-methyl/N-ethyl adjacent to an activating group) is 1. The normalized spacial score (nSPS) is 13.3. The Morgan fingerprint density at radius 3 is 2.77 bits per heavy atom. The summed E-state index contributed by atoms with van der Waals surface area (Å²) in [5.74, 6) is 0.586. The van der Waals surface area contributed by atoms with E-state index in [0.717, 1.165) is 28.7 Å². The minimum atomic E-state index is -0.301. The first kappa shape index (κ1) is 20.9. The molecule has 7 nitrogen and oxygen atoms in total. The number of nitrogens with zero attached hydrogens (tertiary/aromatic N) is 4. The number of thiophene rings is 1. The van der Waals surface area contributed by atoms with E-state index in [2.05, 4.69) is 20.1 Å². The Labute approximate surface area is 187 Å². The molecule has 1 fully saturated rings. The first-order chi connectivity index (χ1) is 14.5. The third-order valence-corrected chi connectivity index (χ3v) is 6.72. The van der Waals surface area contributed by atoms with Crippen LogP contribution in [0.5, 0.6) is 0 Å². The quantitative estimate of drug-likeness (QED) is 0.509. The molecule has 2 heterocycles. The number of aromatic nitrogens is 3. The van der Waals surface area contributed by atoms with E-state index in [1.54, 1.807) is 42.6 Å². The summed E-state index contributed by atoms with van der Waals surface area (Å²) in [6.45, 7) is -0.0552. The fourth-order valence-electron chi connectivity index (χ4n) is 2.90. The van der Waals surface area contributed by atoms with Crippen molar-refractivity contribution in [3.8, 4) is 10.7 Å². The van der Waals surface area contributed by atoms with Crippen LogP contribution in [0, 0.1) is 0 Å². The summed E-state index contributed by atoms with van der Waals surface area (Å²) in [7, 11) is 1.61. The number of thioether (sulfide) groups is 1. The molecule has 1 aromatic carbocycles. The maximum Gasteiger partial charge on any atom is 0.244 e. The number of halogens is 1. The fourth-order valence-corrected chi connectivity index (χ4v) is 4.74. The molecule has 3 aromatic rings. The first-order valence-electron chi connectivity index (χ1n) is 9.43. The lowest BCUT2D eigenvalue weighted by molar-refractivity contribution is -0.131. The van der Waals surface area contributed by atoms with Crippen LogP contribution in [0.3, 0.4) is 0 Å². The third-order valence-electron chi connectivity index (χ3n) is 4.60. The molecule has 0 saturated heterocycles. The number of benzene rings is 1. The minimum Gasteiger partial charge on any atom is -0.336 e. The minimum absolute atomic E-state index is 0.0552. The van der Waals surface area contributed by atoms with Crippen LogP contribution in [-0.4, -0.2) is 50.8 Å². The summed E-state index contributed by atoms with van der Waals surface area (Å²) in [6.07, 6.45) is 2.19. The Morgan fingerprint density at radius 1 is 1.27 bits per heavy atom. The second-order valence-corrected chi connectivity index (χ2v) is 9.25. The largest absolute Gasteiger partial charge is 0.336 e. The molecule has 2 aromatic heterocycles. The molecule has 30 heavy (non-hydrogen) atoms. The van der Waals surface area contributed by atoms with E-state index in [4.69, 9.17) is 11.6 Å². The molecule has 156 valence electrons. The summed E-state index contributed by atoms with van der Waals surface area (Å²) < 4.78 is 2.13. The van der Waals surface area contributed by atoms with Gasteiger partial charge in [-0.15, -0.1) is 21.5 Å². The topological polar surface area (TPSA) is 80.1 Å². The van der Waals surface area contributed by atoms with Crippen molar-refractivity contribution in [1.29, 1.82) is 0 Å². The van der Waals surface area contributed by atoms with Gasteiger partial charge in [0.1, 0.15) is 0 Å². The zero-order valence-corrected chi connectivity index (χ0v) is 18.6. The number of hydrogen-bond acceptors (Lipinski definition) is 6. The van der Waals surface area contributed by atoms with Crippen LogP contribution >= 0.6 is 34.7 Å². The second kappa shape index (κ2) is 9.20. The van der Waals surface area contributed by atoms with E-state index in [0.29, 0.717) is 16.8 Å². The van der Waals surface area contributed by atoms with Gasteiger partial charge in [0.15, 0.2) is 11.0 Å². The molecule has 1 aliphatic carbocycles. The lowest BCUT2D eigenvalue weighted by Crippen LogP contribution is -2.36. The van der Waals surface area contributed by atoms with Gasteiger partial charge in [-0.1, -0.05) is 41.6 Å². The van der Waals surface area contributed by atoms with Gasteiger partial charge in [0.05, 0.1) is 27.9 Å². The highest BCUT2D eigenvalue weighted by atomic mass is 35.5. The van der Waals surface area contributed by atoms with Crippen molar-refractivity contribution in [2.24, 2.45) is 0 Å². The van der Waals surface area contributed by atoms with Gasteiger partial charge < -0.3 is 10.2 Å². The number of anilines is 1. The molecule has 2 amide bonds. The molecule has 0 unspecified atom stereocenters. The van der Waals surface area contributed by atoms with Crippen LogP contribution in [0.2, 0.25) is 5.02 Å². The third kappa shape index (κ3) is 4.85. The van der Waals surface area contributed by atoms with Crippen LogP contribution in [-0.2, 0) is 9.59 Å². The number of rotatable bonds is 8. The van der Waals surface area contributed by atoms with Crippen LogP contribution in [0.4, 0.5) is 5.69 Å². The van der Waals surface area contributed by atoms with Gasteiger partial charge in [-0.3, -0.25) is 14.2 Å². The maximum atomic E-state index is 12.5. The van der Waals surface area contributed by atoms with E-state index < -0.39 is 0 Å². The summed E-state index contributed by atoms with van der Waals surface area (Å²) >= 11 is 9.03. The highest BCUT2D eigenvalue weighted by Gasteiger charge is 2.30. The number of nitrogens with one attached hydrogen (secondary N) is 1. The van der Waals surface area contributed by atoms with Gasteiger partial charge in [0.2, 0.25) is 11.8 Å². The summed E-state index contributed by atoms with van der Waals surface area (Å²) in [6, 6.07) is 11.4. The average molecular weight is 462 g/mol. The van der Waals surface area contributed by atoms with Crippen molar-refractivity contribution in [3.63, 3.8) is 0 Å². The second-order valence-electron chi connectivity index (χ2n) is 6.95. The van der Waals surface area contributed by atoms with Gasteiger partial charge in [0.25, 0.3) is 0 Å². The van der Waals surface area contributed by atoms with Crippen molar-refractivity contribution < 1.29 is 9.59 Å². The molecule has 0 aliphatic heterocycles. The zero-order valence-electron chi connectivity index (χ0n) is 16.2. The highest BCUT2D eigenvalue weighted by molar-refractivity contribution is 7.99. The van der Waals surface area contributed by atoms with Crippen molar-refractivity contribution in [1.82, 2.24) is 19.7 Å². The molecular weight excluding hydrogens is 442 g/mol. The first-order valence-corrected chi connectivity index (χ1v) is 11.7. The number of para-hydroxylation sites is 1. The maximum absolute atomic E-state index is 12.5. The van der Waals surface area contributed by atoms with Crippen LogP contribution in [0.25, 0.3) is 10.7 Å². The Kier molecular flexibility index (Phi) is 6.40. The van der Waals surface area contributed by atoms with Gasteiger partial charge in [0, 0.05) is 13.1 Å². The molecule has 4 rings (SSSR count). The molecule has 10 heteroatoms. The standard InChI is InChI=1S/C20H20ClN5O2S2/c1-25(11-17(27)22-15-6-3-2-5-14(15)21)18(28)12-30-20-24-23-19(16-7-4-10-29-16)26(20)13-8-9-13/h2-7,10,13H,8-9,11-12H2,1H3,(H,22,27). The predicted molar refractivity (Wildman–Crippen MR) is 120 cm³/mol. The summed E-state index contributed by atoms with van der Waals surface area (Å²) in [5, 5.41) is 14.6. The van der Waals surface area contributed by atoms with Gasteiger partial charge >= 0.3 is 0 Å². The fraction of sp³-hybridized carbons (Fsp3) is 0.300. The Bertz CT molecular complexity index is 1050. The van der Waals surface area contributed by atoms with Crippen LogP contribution in [0.1, 0.15) is 18.9 Å². The van der Waals surface area contributed by atoms with E-state index in [1.165, 1.54) is 16.7 Å². The predicted octanol–water partition coefficient (Wildman–Crippen LogP) is 4.18. The molecule has 1 aliphatic rings. The molecular formula is C20H20ClN5O2S2. The number of amides is 2. The van der Waals surface area contributed by atoms with E-state index in [1.807, 2.05) is 17.5 Å². The Balaban J connectivity index is 1.34. The van der Waals surface area contributed by atoms with Crippen molar-refractivity contribution in [3.05, 3.63) is 46.8 Å². The molecule has 1 saturated carbocycles. The number of carbonyl (C=O) groups is 2. The Morgan fingerprint density at radius 2 is 2.07 bits per heavy atom. The number of hydrogen-bond donors (Lipinski definition) is 1. The van der Waals surface area contributed by atoms with Crippen molar-refractivity contribution >= 4 is 52.2 Å². The van der Waals surface area contributed by atoms with Gasteiger partial charge in [-0.2, -0.15) is 0 Å². The zero-order chi connectivity index (χ0) is 21.1. The molecule has 0 spiro atoms. The summed E-state index contributed by atoms with van der Waals surface area (Å²) in [5.41, 5.74) is 0.526. The van der Waals surface area contributed by atoms with E-state index in [-0.39, 0.29) is 24.1 Å². The molecule has 0 bridgehead atoms. The van der Waals surface area contributed by atoms with Gasteiger partial charge in [-0.05, 0) is 36.4 Å². The lowest BCUT2D eigenvalue weighted by atomic mass is 10.3. The molecule has 0 radical (unpaired) electrons. The average Bonchev–Trinajstić information content (AvgIpc) is 3.25. The summed E-state index contributed by atoms with van der Waals surface area (Å²) in [4.78, 5) is 27.3. The van der Waals surface area contributed by atoms with Crippen LogP contribution < -0.4 is 5.32 Å². The Hall–Kier alpha value is -2.36. The number of carbonyl (C=O) groups excluding carboxylic acids is 2. The molecule has 1 N–H and O–H groups in total. The van der Waals surface area contributed by atoms with Crippen molar-refractivity contribution in [2.45, 2.75) is 24.0 Å². The monoisotopic (exact) mass is 461 g/mol. The smallest absolute Gasteiger partial charge is 0.244 e. The highest BCUT2D eigenvalue weighted by Crippen LogP contribution is 2.41. The van der Waals surface area contributed by atoms with Crippen molar-refractivity contribution in [2.75, 3.05) is 24.7 Å². The lowest BCUT2D eigenvalue weighted by Gasteiger charge is -2.17. The SMILES string of the molecule is CN(CC(=O)Nc1ccccc1Cl)C(=O)CSc1nnc(-c2cccs2)n1C1CC1. The van der Waals surface area contributed by atoms with E-state index >= 15 is 0 Å². The molecule has 0 atom stereocenters. The van der Waals surface area contributed by atoms with Crippen LogP contribution in [0.15, 0.2) is 46.9 Å². The van der Waals surface area contributed by atoms with E-state index in [9.17, 15) is 9.59 Å².